The van der Waals surface area contributed by atoms with E-state index in [0.717, 1.165) is 18.6 Å². The van der Waals surface area contributed by atoms with Crippen LogP contribution < -0.4 is 10.1 Å². The first-order chi connectivity index (χ1) is 10.2. The number of carbonyl (C=O) groups excluding carboxylic acids is 1. The minimum atomic E-state index is -0.456. The van der Waals surface area contributed by atoms with Crippen molar-refractivity contribution in [1.29, 1.82) is 0 Å². The molecule has 0 aromatic heterocycles. The predicted molar refractivity (Wildman–Crippen MR) is 87.3 cm³/mol. The van der Waals surface area contributed by atoms with Crippen LogP contribution in [0.15, 0.2) is 24.3 Å². The molecule has 1 N–H and O–H groups in total. The van der Waals surface area contributed by atoms with E-state index < -0.39 is 5.60 Å². The average molecular weight is 305 g/mol. The zero-order valence-corrected chi connectivity index (χ0v) is 14.2. The molecule has 1 aromatic carbocycles. The molecule has 4 nitrogen and oxygen atoms in total. The maximum atomic E-state index is 11.7. The Bertz CT molecular complexity index is 496. The molecule has 1 amide bonds. The average Bonchev–Trinajstić information content (AvgIpc) is 2.34. The third-order valence-electron chi connectivity index (χ3n) is 3.67. The van der Waals surface area contributed by atoms with Gasteiger partial charge in [0.05, 0.1) is 0 Å². The van der Waals surface area contributed by atoms with Crippen molar-refractivity contribution in [3.8, 4) is 5.75 Å². The molecule has 0 heterocycles. The number of hydrogen-bond donors (Lipinski definition) is 1. The van der Waals surface area contributed by atoms with Crippen LogP contribution in [0.3, 0.4) is 0 Å². The number of alkyl carbamates (subject to hydrolysis) is 1. The molecular formula is C18H27NO3. The van der Waals surface area contributed by atoms with Gasteiger partial charge in [-0.05, 0) is 44.4 Å². The fourth-order valence-electron chi connectivity index (χ4n) is 2.38. The monoisotopic (exact) mass is 305 g/mol. The Kier molecular flexibility index (Phi) is 4.99. The second kappa shape index (κ2) is 6.59. The first kappa shape index (κ1) is 16.7. The number of benzene rings is 1. The van der Waals surface area contributed by atoms with Crippen LogP contribution in [-0.2, 0) is 4.74 Å². The van der Waals surface area contributed by atoms with Crippen LogP contribution in [0, 0.1) is 0 Å². The molecule has 1 aliphatic carbocycles. The highest BCUT2D eigenvalue weighted by Crippen LogP contribution is 2.27. The standard InChI is InChI=1S/C18H27NO3/c1-12(2)13-6-8-15(9-7-13)21-16-10-14(11-16)19-17(20)22-18(3,4)5/h6-9,12,14,16H,10-11H2,1-5H3,(H,19,20). The van der Waals surface area contributed by atoms with E-state index in [1.165, 1.54) is 5.56 Å². The van der Waals surface area contributed by atoms with E-state index in [2.05, 4.69) is 31.3 Å². The lowest BCUT2D eigenvalue weighted by Gasteiger charge is -2.36. The molecule has 4 heteroatoms. The van der Waals surface area contributed by atoms with Gasteiger partial charge in [0.25, 0.3) is 0 Å². The number of amides is 1. The molecular weight excluding hydrogens is 278 g/mol. The fraction of sp³-hybridized carbons (Fsp3) is 0.611. The van der Waals surface area contributed by atoms with Crippen molar-refractivity contribution >= 4 is 6.09 Å². The minimum absolute atomic E-state index is 0.148. The third-order valence-corrected chi connectivity index (χ3v) is 3.67. The van der Waals surface area contributed by atoms with Crippen LogP contribution in [0.2, 0.25) is 0 Å². The van der Waals surface area contributed by atoms with Crippen molar-refractivity contribution in [3.05, 3.63) is 29.8 Å². The van der Waals surface area contributed by atoms with Crippen LogP contribution in [0.4, 0.5) is 4.79 Å². The molecule has 0 aliphatic heterocycles. The van der Waals surface area contributed by atoms with E-state index in [0.29, 0.717) is 5.92 Å². The lowest BCUT2D eigenvalue weighted by molar-refractivity contribution is 0.0363. The Hall–Kier alpha value is -1.71. The summed E-state index contributed by atoms with van der Waals surface area (Å²) in [4.78, 5) is 11.7. The molecule has 2 rings (SSSR count). The molecule has 1 aliphatic rings. The zero-order valence-electron chi connectivity index (χ0n) is 14.2. The van der Waals surface area contributed by atoms with Crippen LogP contribution in [0.25, 0.3) is 0 Å². The van der Waals surface area contributed by atoms with E-state index in [-0.39, 0.29) is 18.2 Å². The van der Waals surface area contributed by atoms with Crippen molar-refractivity contribution in [2.24, 2.45) is 0 Å². The number of hydrogen-bond acceptors (Lipinski definition) is 3. The smallest absolute Gasteiger partial charge is 0.407 e. The highest BCUT2D eigenvalue weighted by molar-refractivity contribution is 5.68. The summed E-state index contributed by atoms with van der Waals surface area (Å²) in [5.41, 5.74) is 0.854. The summed E-state index contributed by atoms with van der Waals surface area (Å²) in [6.07, 6.45) is 1.47. The van der Waals surface area contributed by atoms with Gasteiger partial charge in [0.15, 0.2) is 0 Å². The van der Waals surface area contributed by atoms with Gasteiger partial charge in [-0.2, -0.15) is 0 Å². The van der Waals surface area contributed by atoms with Crippen LogP contribution in [0.1, 0.15) is 58.9 Å². The summed E-state index contributed by atoms with van der Waals surface area (Å²) in [7, 11) is 0. The van der Waals surface area contributed by atoms with E-state index in [1.807, 2.05) is 32.9 Å². The molecule has 22 heavy (non-hydrogen) atoms. The highest BCUT2D eigenvalue weighted by atomic mass is 16.6. The molecule has 0 radical (unpaired) electrons. The Morgan fingerprint density at radius 3 is 2.27 bits per heavy atom. The van der Waals surface area contributed by atoms with Gasteiger partial charge in [-0.25, -0.2) is 4.79 Å². The first-order valence-corrected chi connectivity index (χ1v) is 7.99. The lowest BCUT2D eigenvalue weighted by Crippen LogP contribution is -2.50. The summed E-state index contributed by atoms with van der Waals surface area (Å²) in [6.45, 7) is 9.93. The number of rotatable bonds is 4. The van der Waals surface area contributed by atoms with Gasteiger partial charge in [0, 0.05) is 18.9 Å². The van der Waals surface area contributed by atoms with Crippen molar-refractivity contribution in [2.75, 3.05) is 0 Å². The molecule has 1 saturated carbocycles. The van der Waals surface area contributed by atoms with Gasteiger partial charge < -0.3 is 14.8 Å². The van der Waals surface area contributed by atoms with Gasteiger partial charge in [0.1, 0.15) is 17.5 Å². The first-order valence-electron chi connectivity index (χ1n) is 7.99. The lowest BCUT2D eigenvalue weighted by atomic mass is 9.89. The minimum Gasteiger partial charge on any atom is -0.490 e. The summed E-state index contributed by atoms with van der Waals surface area (Å²) in [5, 5.41) is 2.87. The third kappa shape index (κ3) is 4.93. The van der Waals surface area contributed by atoms with Crippen molar-refractivity contribution in [1.82, 2.24) is 5.32 Å². The molecule has 0 bridgehead atoms. The van der Waals surface area contributed by atoms with Crippen molar-refractivity contribution < 1.29 is 14.3 Å². The molecule has 0 unspecified atom stereocenters. The fourth-order valence-corrected chi connectivity index (χ4v) is 2.38. The summed E-state index contributed by atoms with van der Waals surface area (Å²) < 4.78 is 11.1. The van der Waals surface area contributed by atoms with Crippen LogP contribution in [0.5, 0.6) is 5.75 Å². The largest absolute Gasteiger partial charge is 0.490 e. The molecule has 1 fully saturated rings. The van der Waals surface area contributed by atoms with E-state index >= 15 is 0 Å². The number of nitrogens with one attached hydrogen (secondary N) is 1. The van der Waals surface area contributed by atoms with E-state index in [9.17, 15) is 4.79 Å². The number of ether oxygens (including phenoxy) is 2. The normalized spacial score (nSPS) is 21.2. The van der Waals surface area contributed by atoms with Gasteiger partial charge >= 0.3 is 6.09 Å². The summed E-state index contributed by atoms with van der Waals surface area (Å²) in [5.74, 6) is 1.42. The molecule has 0 atom stereocenters. The van der Waals surface area contributed by atoms with Gasteiger partial charge in [-0.1, -0.05) is 26.0 Å². The second-order valence-electron chi connectivity index (χ2n) is 7.28. The quantitative estimate of drug-likeness (QED) is 0.905. The molecule has 0 spiro atoms. The van der Waals surface area contributed by atoms with Crippen LogP contribution >= 0.6 is 0 Å². The van der Waals surface area contributed by atoms with Gasteiger partial charge in [-0.3, -0.25) is 0 Å². The second-order valence-corrected chi connectivity index (χ2v) is 7.28. The maximum Gasteiger partial charge on any atom is 0.407 e. The van der Waals surface area contributed by atoms with Gasteiger partial charge in [0.2, 0.25) is 0 Å². The van der Waals surface area contributed by atoms with Crippen LogP contribution in [-0.4, -0.2) is 23.8 Å². The Morgan fingerprint density at radius 2 is 1.77 bits per heavy atom. The highest BCUT2D eigenvalue weighted by Gasteiger charge is 2.33. The predicted octanol–water partition coefficient (Wildman–Crippen LogP) is 4.24. The topological polar surface area (TPSA) is 47.6 Å². The van der Waals surface area contributed by atoms with Crippen molar-refractivity contribution in [2.45, 2.75) is 71.1 Å². The Balaban J connectivity index is 1.72. The molecule has 122 valence electrons. The summed E-state index contributed by atoms with van der Waals surface area (Å²) in [6, 6.07) is 8.40. The molecule has 1 aromatic rings. The SMILES string of the molecule is CC(C)c1ccc(OC2CC(NC(=O)OC(C)(C)C)C2)cc1. The number of carbonyl (C=O) groups is 1. The molecule has 0 saturated heterocycles. The van der Waals surface area contributed by atoms with Crippen molar-refractivity contribution in [3.63, 3.8) is 0 Å². The zero-order chi connectivity index (χ0) is 16.3. The van der Waals surface area contributed by atoms with E-state index in [4.69, 9.17) is 9.47 Å². The van der Waals surface area contributed by atoms with E-state index in [1.54, 1.807) is 0 Å². The van der Waals surface area contributed by atoms with Gasteiger partial charge in [-0.15, -0.1) is 0 Å². The summed E-state index contributed by atoms with van der Waals surface area (Å²) >= 11 is 0. The Morgan fingerprint density at radius 1 is 1.18 bits per heavy atom. The Labute approximate surface area is 133 Å². The maximum absolute atomic E-state index is 11.7.